The minimum absolute atomic E-state index is 0.452. The van der Waals surface area contributed by atoms with Gasteiger partial charge in [-0.3, -0.25) is 0 Å². The number of benzene rings is 3. The predicted octanol–water partition coefficient (Wildman–Crippen LogP) is 5.95. The topological polar surface area (TPSA) is 21.2 Å². The van der Waals surface area contributed by atoms with E-state index in [9.17, 15) is 0 Å². The standard InChI is InChI=1S/C26H24N3/c1-14(2)17-11-20-24-22(12-17)29-21-9-7-6-8-18(21)19-10-15(3)16(4)23(25(19)29)26(24)28(5)13-27-20/h6-14H,1-5H3/q+1. The van der Waals surface area contributed by atoms with Crippen LogP contribution in [0.5, 0.6) is 0 Å². The summed E-state index contributed by atoms with van der Waals surface area (Å²) in [7, 11) is 2.12. The Bertz CT molecular complexity index is 1600. The second-order valence-electron chi connectivity index (χ2n) is 8.74. The summed E-state index contributed by atoms with van der Waals surface area (Å²) in [5.74, 6) is 0.452. The van der Waals surface area contributed by atoms with Gasteiger partial charge in [0.05, 0.1) is 34.4 Å². The molecule has 0 aliphatic heterocycles. The molecule has 0 bridgehead atoms. The third-order valence-electron chi connectivity index (χ3n) is 6.70. The predicted molar refractivity (Wildman–Crippen MR) is 121 cm³/mol. The maximum Gasteiger partial charge on any atom is 0.287 e. The average molecular weight is 378 g/mol. The SMILES string of the molecule is Cc1cc2c3ccccc3n3c4cc(C(C)C)cc5nc[n+](C)c(c(c1C)c23)c54. The molecule has 3 aromatic heterocycles. The van der Waals surface area contributed by atoms with E-state index < -0.39 is 0 Å². The van der Waals surface area contributed by atoms with Gasteiger partial charge in [0.1, 0.15) is 5.52 Å². The molecule has 6 aromatic rings. The number of rotatable bonds is 1. The number of para-hydroxylation sites is 1. The van der Waals surface area contributed by atoms with E-state index in [1.165, 1.54) is 60.3 Å². The van der Waals surface area contributed by atoms with Crippen molar-refractivity contribution in [3.8, 4) is 0 Å². The quantitative estimate of drug-likeness (QED) is 0.197. The lowest BCUT2D eigenvalue weighted by atomic mass is 9.95. The Labute approximate surface area is 169 Å². The smallest absolute Gasteiger partial charge is 0.287 e. The Morgan fingerprint density at radius 1 is 0.931 bits per heavy atom. The molecule has 0 atom stereocenters. The van der Waals surface area contributed by atoms with Gasteiger partial charge in [-0.2, -0.15) is 0 Å². The highest BCUT2D eigenvalue weighted by Crippen LogP contribution is 2.41. The Kier molecular flexibility index (Phi) is 3.14. The highest BCUT2D eigenvalue weighted by atomic mass is 15.0. The molecule has 0 aliphatic rings. The van der Waals surface area contributed by atoms with E-state index in [1.54, 1.807) is 0 Å². The van der Waals surface area contributed by atoms with Crippen LogP contribution >= 0.6 is 0 Å². The molecule has 3 nitrogen and oxygen atoms in total. The van der Waals surface area contributed by atoms with E-state index in [-0.39, 0.29) is 0 Å². The second kappa shape index (κ2) is 5.44. The van der Waals surface area contributed by atoms with Gasteiger partial charge in [0.15, 0.2) is 5.52 Å². The van der Waals surface area contributed by atoms with Crippen LogP contribution in [0.4, 0.5) is 0 Å². The zero-order valence-electron chi connectivity index (χ0n) is 17.5. The fourth-order valence-corrected chi connectivity index (χ4v) is 5.07. The first-order chi connectivity index (χ1) is 14.0. The van der Waals surface area contributed by atoms with Gasteiger partial charge in [0.2, 0.25) is 0 Å². The number of fused-ring (bicyclic) bond motifs is 5. The molecule has 142 valence electrons. The number of hydrogen-bond acceptors (Lipinski definition) is 1. The summed E-state index contributed by atoms with van der Waals surface area (Å²) in [6, 6.07) is 15.8. The molecular weight excluding hydrogens is 354 g/mol. The van der Waals surface area contributed by atoms with Gasteiger partial charge in [0.25, 0.3) is 6.33 Å². The number of aryl methyl sites for hydroxylation is 3. The van der Waals surface area contributed by atoms with E-state index >= 15 is 0 Å². The van der Waals surface area contributed by atoms with Crippen LogP contribution < -0.4 is 4.57 Å². The molecule has 6 rings (SSSR count). The van der Waals surface area contributed by atoms with Crippen molar-refractivity contribution < 1.29 is 4.57 Å². The van der Waals surface area contributed by atoms with Gasteiger partial charge in [-0.15, -0.1) is 0 Å². The lowest BCUT2D eigenvalue weighted by Crippen LogP contribution is -2.30. The number of aromatic nitrogens is 3. The van der Waals surface area contributed by atoms with Crippen molar-refractivity contribution in [1.29, 1.82) is 0 Å². The van der Waals surface area contributed by atoms with Crippen LogP contribution in [0.15, 0.2) is 48.8 Å². The summed E-state index contributed by atoms with van der Waals surface area (Å²) >= 11 is 0. The zero-order valence-corrected chi connectivity index (χ0v) is 17.5. The van der Waals surface area contributed by atoms with E-state index in [0.29, 0.717) is 5.92 Å². The first kappa shape index (κ1) is 16.7. The van der Waals surface area contributed by atoms with Crippen molar-refractivity contribution in [3.63, 3.8) is 0 Å². The third-order valence-corrected chi connectivity index (χ3v) is 6.70. The molecule has 3 heterocycles. The maximum atomic E-state index is 4.83. The van der Waals surface area contributed by atoms with Gasteiger partial charge >= 0.3 is 0 Å². The van der Waals surface area contributed by atoms with E-state index in [2.05, 4.69) is 86.2 Å². The maximum absolute atomic E-state index is 4.83. The molecule has 0 fully saturated rings. The molecule has 0 saturated heterocycles. The van der Waals surface area contributed by atoms with Crippen LogP contribution in [0.1, 0.15) is 36.5 Å². The molecule has 0 spiro atoms. The van der Waals surface area contributed by atoms with Gasteiger partial charge in [-0.25, -0.2) is 4.57 Å². The fourth-order valence-electron chi connectivity index (χ4n) is 5.07. The summed E-state index contributed by atoms with van der Waals surface area (Å²) in [6.07, 6.45) is 1.97. The molecule has 3 heteroatoms. The molecule has 0 amide bonds. The van der Waals surface area contributed by atoms with Crippen molar-refractivity contribution in [2.75, 3.05) is 0 Å². The summed E-state index contributed by atoms with van der Waals surface area (Å²) in [5, 5.41) is 5.25. The minimum atomic E-state index is 0.452. The summed E-state index contributed by atoms with van der Waals surface area (Å²) in [5.41, 5.74) is 10.2. The lowest BCUT2D eigenvalue weighted by molar-refractivity contribution is -0.646. The molecular formula is C26H24N3+. The van der Waals surface area contributed by atoms with Crippen LogP contribution in [0.2, 0.25) is 0 Å². The Morgan fingerprint density at radius 2 is 1.72 bits per heavy atom. The van der Waals surface area contributed by atoms with Crippen molar-refractivity contribution in [2.24, 2.45) is 7.05 Å². The number of nitrogens with zero attached hydrogens (tertiary/aromatic N) is 3. The largest absolute Gasteiger partial charge is 0.308 e. The van der Waals surface area contributed by atoms with Crippen molar-refractivity contribution in [3.05, 3.63) is 65.5 Å². The highest BCUT2D eigenvalue weighted by Gasteiger charge is 2.25. The Hall–Kier alpha value is -3.20. The molecule has 0 radical (unpaired) electrons. The average Bonchev–Trinajstić information content (AvgIpc) is 3.04. The van der Waals surface area contributed by atoms with Gasteiger partial charge in [0, 0.05) is 10.8 Å². The molecule has 3 aromatic carbocycles. The number of hydrogen-bond donors (Lipinski definition) is 0. The van der Waals surface area contributed by atoms with Crippen molar-refractivity contribution in [1.82, 2.24) is 9.38 Å². The van der Waals surface area contributed by atoms with Gasteiger partial charge in [-0.1, -0.05) is 32.0 Å². The first-order valence-electron chi connectivity index (χ1n) is 10.3. The fraction of sp³-hybridized carbons (Fsp3) is 0.231. The summed E-state index contributed by atoms with van der Waals surface area (Å²) in [6.45, 7) is 9.00. The van der Waals surface area contributed by atoms with E-state index in [1.807, 2.05) is 6.33 Å². The number of pyridine rings is 1. The molecule has 29 heavy (non-hydrogen) atoms. The first-order valence-corrected chi connectivity index (χ1v) is 10.3. The summed E-state index contributed by atoms with van der Waals surface area (Å²) in [4.78, 5) is 4.83. The minimum Gasteiger partial charge on any atom is -0.308 e. The van der Waals surface area contributed by atoms with Crippen LogP contribution in [0, 0.1) is 13.8 Å². The van der Waals surface area contributed by atoms with Crippen LogP contribution in [-0.2, 0) is 7.05 Å². The lowest BCUT2D eigenvalue weighted by Gasteiger charge is -2.16. The Balaban J connectivity index is 2.10. The zero-order chi connectivity index (χ0) is 20.0. The van der Waals surface area contributed by atoms with Crippen molar-refractivity contribution in [2.45, 2.75) is 33.6 Å². The Morgan fingerprint density at radius 3 is 2.52 bits per heavy atom. The van der Waals surface area contributed by atoms with Crippen molar-refractivity contribution >= 4 is 49.1 Å². The second-order valence-corrected chi connectivity index (χ2v) is 8.74. The molecule has 0 aliphatic carbocycles. The van der Waals surface area contributed by atoms with E-state index in [0.717, 1.165) is 5.52 Å². The highest BCUT2D eigenvalue weighted by molar-refractivity contribution is 6.25. The van der Waals surface area contributed by atoms with Crippen LogP contribution in [0.3, 0.4) is 0 Å². The molecule has 0 unspecified atom stereocenters. The molecule has 0 N–H and O–H groups in total. The summed E-state index contributed by atoms with van der Waals surface area (Å²) < 4.78 is 4.68. The monoisotopic (exact) mass is 378 g/mol. The normalized spacial score (nSPS) is 12.6. The molecule has 0 saturated carbocycles. The van der Waals surface area contributed by atoms with Crippen LogP contribution in [-0.4, -0.2) is 9.38 Å². The van der Waals surface area contributed by atoms with Crippen LogP contribution in [0.25, 0.3) is 49.1 Å². The third kappa shape index (κ3) is 1.97. The van der Waals surface area contributed by atoms with Gasteiger partial charge < -0.3 is 4.40 Å². The van der Waals surface area contributed by atoms with Gasteiger partial charge in [-0.05, 0) is 65.7 Å². The van der Waals surface area contributed by atoms with E-state index in [4.69, 9.17) is 4.98 Å².